The number of likely N-dealkylation sites (N-methyl/N-ethyl adjacent to an activating group) is 2. The van der Waals surface area contributed by atoms with E-state index in [1.54, 1.807) is 16.8 Å². The highest BCUT2D eigenvalue weighted by molar-refractivity contribution is 5.78. The van der Waals surface area contributed by atoms with Crippen LogP contribution < -0.4 is 0 Å². The average molecular weight is 270 g/mol. The Balaban J connectivity index is 2.60. The Morgan fingerprint density at radius 3 is 2.37 bits per heavy atom. The Morgan fingerprint density at radius 2 is 1.84 bits per heavy atom. The first-order valence-corrected chi connectivity index (χ1v) is 6.38. The molecule has 0 saturated carbocycles. The third-order valence-corrected chi connectivity index (χ3v) is 2.98. The molecule has 106 valence electrons. The van der Waals surface area contributed by atoms with Gasteiger partial charge in [0.05, 0.1) is 6.54 Å². The standard InChI is InChI=1S/C14H20F2N2O/c1-4-18(5-2)14(19)10-17(3)9-11-6-7-12(15)8-13(11)16/h6-8H,4-5,9-10H2,1-3H3. The van der Waals surface area contributed by atoms with Crippen molar-refractivity contribution in [1.29, 1.82) is 0 Å². The molecule has 0 radical (unpaired) electrons. The van der Waals surface area contributed by atoms with Crippen LogP contribution in [-0.2, 0) is 11.3 Å². The van der Waals surface area contributed by atoms with E-state index in [1.165, 1.54) is 12.1 Å². The topological polar surface area (TPSA) is 23.6 Å². The van der Waals surface area contributed by atoms with Gasteiger partial charge in [-0.15, -0.1) is 0 Å². The number of nitrogens with zero attached hydrogens (tertiary/aromatic N) is 2. The van der Waals surface area contributed by atoms with Crippen LogP contribution in [0.1, 0.15) is 19.4 Å². The number of amides is 1. The van der Waals surface area contributed by atoms with Crippen molar-refractivity contribution in [2.45, 2.75) is 20.4 Å². The predicted molar refractivity (Wildman–Crippen MR) is 70.6 cm³/mol. The van der Waals surface area contributed by atoms with E-state index in [2.05, 4.69) is 0 Å². The number of carbonyl (C=O) groups is 1. The summed E-state index contributed by atoms with van der Waals surface area (Å²) in [5, 5.41) is 0. The molecule has 5 heteroatoms. The number of hydrogen-bond acceptors (Lipinski definition) is 2. The fourth-order valence-corrected chi connectivity index (χ4v) is 1.90. The molecule has 0 heterocycles. The minimum absolute atomic E-state index is 0.00928. The van der Waals surface area contributed by atoms with Gasteiger partial charge in [-0.25, -0.2) is 8.78 Å². The molecule has 0 bridgehead atoms. The van der Waals surface area contributed by atoms with Gasteiger partial charge in [-0.1, -0.05) is 6.07 Å². The number of benzene rings is 1. The van der Waals surface area contributed by atoms with E-state index in [-0.39, 0.29) is 19.0 Å². The first-order valence-electron chi connectivity index (χ1n) is 6.38. The lowest BCUT2D eigenvalue weighted by atomic mass is 10.2. The zero-order valence-electron chi connectivity index (χ0n) is 11.6. The van der Waals surface area contributed by atoms with E-state index >= 15 is 0 Å². The van der Waals surface area contributed by atoms with Gasteiger partial charge < -0.3 is 4.90 Å². The molecule has 1 aromatic carbocycles. The van der Waals surface area contributed by atoms with Gasteiger partial charge in [-0.3, -0.25) is 9.69 Å². The minimum atomic E-state index is -0.594. The van der Waals surface area contributed by atoms with Gasteiger partial charge in [0.25, 0.3) is 0 Å². The second-order valence-electron chi connectivity index (χ2n) is 4.47. The fraction of sp³-hybridized carbons (Fsp3) is 0.500. The van der Waals surface area contributed by atoms with Gasteiger partial charge in [0.15, 0.2) is 0 Å². The summed E-state index contributed by atoms with van der Waals surface area (Å²) >= 11 is 0. The summed E-state index contributed by atoms with van der Waals surface area (Å²) in [6.07, 6.45) is 0. The van der Waals surface area contributed by atoms with E-state index in [9.17, 15) is 13.6 Å². The second kappa shape index (κ2) is 7.19. The molecule has 1 amide bonds. The quantitative estimate of drug-likeness (QED) is 0.791. The second-order valence-corrected chi connectivity index (χ2v) is 4.47. The molecule has 1 aromatic rings. The van der Waals surface area contributed by atoms with Crippen LogP contribution in [0.2, 0.25) is 0 Å². The van der Waals surface area contributed by atoms with E-state index in [4.69, 9.17) is 0 Å². The molecule has 0 spiro atoms. The molecule has 3 nitrogen and oxygen atoms in total. The Bertz CT molecular complexity index is 433. The summed E-state index contributed by atoms with van der Waals surface area (Å²) in [6.45, 7) is 5.65. The molecule has 0 saturated heterocycles. The van der Waals surface area contributed by atoms with Crippen molar-refractivity contribution in [2.24, 2.45) is 0 Å². The molecule has 0 aliphatic carbocycles. The molecule has 0 aromatic heterocycles. The molecule has 0 aliphatic rings. The zero-order chi connectivity index (χ0) is 14.4. The summed E-state index contributed by atoms with van der Waals surface area (Å²) in [6, 6.07) is 3.48. The Morgan fingerprint density at radius 1 is 1.21 bits per heavy atom. The molecule has 0 N–H and O–H groups in total. The molecular weight excluding hydrogens is 250 g/mol. The Kier molecular flexibility index (Phi) is 5.89. The van der Waals surface area contributed by atoms with Crippen molar-refractivity contribution in [3.05, 3.63) is 35.4 Å². The summed E-state index contributed by atoms with van der Waals surface area (Å²) in [5.74, 6) is -1.17. The largest absolute Gasteiger partial charge is 0.342 e. The molecule has 0 unspecified atom stereocenters. The van der Waals surface area contributed by atoms with Crippen LogP contribution in [0.3, 0.4) is 0 Å². The maximum Gasteiger partial charge on any atom is 0.236 e. The highest BCUT2D eigenvalue weighted by atomic mass is 19.1. The van der Waals surface area contributed by atoms with Gasteiger partial charge in [0.2, 0.25) is 5.91 Å². The van der Waals surface area contributed by atoms with Crippen LogP contribution in [0.5, 0.6) is 0 Å². The van der Waals surface area contributed by atoms with Crippen molar-refractivity contribution in [1.82, 2.24) is 9.80 Å². The summed E-state index contributed by atoms with van der Waals surface area (Å²) < 4.78 is 26.3. The summed E-state index contributed by atoms with van der Waals surface area (Å²) in [5.41, 5.74) is 0.385. The van der Waals surface area contributed by atoms with Crippen molar-refractivity contribution in [2.75, 3.05) is 26.7 Å². The highest BCUT2D eigenvalue weighted by Crippen LogP contribution is 2.11. The minimum Gasteiger partial charge on any atom is -0.342 e. The zero-order valence-corrected chi connectivity index (χ0v) is 11.6. The van der Waals surface area contributed by atoms with Crippen LogP contribution >= 0.6 is 0 Å². The van der Waals surface area contributed by atoms with E-state index in [0.717, 1.165) is 6.07 Å². The van der Waals surface area contributed by atoms with E-state index < -0.39 is 11.6 Å². The predicted octanol–water partition coefficient (Wildman–Crippen LogP) is 2.26. The number of carbonyl (C=O) groups excluding carboxylic acids is 1. The maximum absolute atomic E-state index is 13.5. The number of hydrogen-bond donors (Lipinski definition) is 0. The SMILES string of the molecule is CCN(CC)C(=O)CN(C)Cc1ccc(F)cc1F. The first kappa shape index (κ1) is 15.6. The van der Waals surface area contributed by atoms with Crippen LogP contribution in [0.4, 0.5) is 8.78 Å². The molecule has 0 atom stereocenters. The van der Waals surface area contributed by atoms with Crippen LogP contribution in [0.15, 0.2) is 18.2 Å². The van der Waals surface area contributed by atoms with Crippen molar-refractivity contribution in [3.63, 3.8) is 0 Å². The van der Waals surface area contributed by atoms with Crippen molar-refractivity contribution >= 4 is 5.91 Å². The smallest absolute Gasteiger partial charge is 0.236 e. The Hall–Kier alpha value is -1.49. The monoisotopic (exact) mass is 270 g/mol. The summed E-state index contributed by atoms with van der Waals surface area (Å²) in [4.78, 5) is 15.3. The van der Waals surface area contributed by atoms with Crippen molar-refractivity contribution in [3.8, 4) is 0 Å². The number of rotatable bonds is 6. The van der Waals surface area contributed by atoms with Crippen LogP contribution in [-0.4, -0.2) is 42.4 Å². The van der Waals surface area contributed by atoms with Crippen molar-refractivity contribution < 1.29 is 13.6 Å². The first-order chi connectivity index (χ1) is 8.97. The van der Waals surface area contributed by atoms with Gasteiger partial charge in [0, 0.05) is 31.3 Å². The lowest BCUT2D eigenvalue weighted by Crippen LogP contribution is -2.38. The Labute approximate surface area is 112 Å². The third-order valence-electron chi connectivity index (χ3n) is 2.98. The fourth-order valence-electron chi connectivity index (χ4n) is 1.90. The van der Waals surface area contributed by atoms with E-state index in [0.29, 0.717) is 18.7 Å². The van der Waals surface area contributed by atoms with Gasteiger partial charge >= 0.3 is 0 Å². The average Bonchev–Trinajstić information content (AvgIpc) is 2.34. The highest BCUT2D eigenvalue weighted by Gasteiger charge is 2.14. The maximum atomic E-state index is 13.5. The van der Waals surface area contributed by atoms with Crippen LogP contribution in [0.25, 0.3) is 0 Å². The number of halogens is 2. The normalized spacial score (nSPS) is 10.8. The lowest BCUT2D eigenvalue weighted by Gasteiger charge is -2.23. The van der Waals surface area contributed by atoms with Gasteiger partial charge in [-0.2, -0.15) is 0 Å². The molecule has 0 fully saturated rings. The lowest BCUT2D eigenvalue weighted by molar-refractivity contribution is -0.131. The molecular formula is C14H20F2N2O. The third kappa shape index (κ3) is 4.59. The molecule has 0 aliphatic heterocycles. The van der Waals surface area contributed by atoms with Crippen LogP contribution in [0, 0.1) is 11.6 Å². The molecule has 19 heavy (non-hydrogen) atoms. The summed E-state index contributed by atoms with van der Waals surface area (Å²) in [7, 11) is 1.74. The molecule has 1 rings (SSSR count). The van der Waals surface area contributed by atoms with Gasteiger partial charge in [0.1, 0.15) is 11.6 Å². The van der Waals surface area contributed by atoms with Gasteiger partial charge in [-0.05, 0) is 27.0 Å². The van der Waals surface area contributed by atoms with E-state index in [1.807, 2.05) is 13.8 Å².